The maximum absolute atomic E-state index is 12.0. The van der Waals surface area contributed by atoms with E-state index in [0.717, 1.165) is 18.8 Å². The average molecular weight is 475 g/mol. The molecule has 0 radical (unpaired) electrons. The van der Waals surface area contributed by atoms with Gasteiger partial charge in [-0.3, -0.25) is 0 Å². The van der Waals surface area contributed by atoms with Crippen LogP contribution in [0.5, 0.6) is 0 Å². The molecular weight excluding hydrogens is 460 g/mol. The molecule has 0 atom stereocenters. The third-order valence-corrected chi connectivity index (χ3v) is 7.37. The molecule has 1 N–H and O–H groups in total. The molecule has 0 aliphatic heterocycles. The minimum absolute atomic E-state index is 0.0626. The van der Waals surface area contributed by atoms with Gasteiger partial charge in [-0.15, -0.1) is 10.2 Å². The van der Waals surface area contributed by atoms with Gasteiger partial charge in [0, 0.05) is 24.3 Å². The topological polar surface area (TPSA) is 88.3 Å². The highest BCUT2D eigenvalue weighted by atomic mass is 79.9. The zero-order valence-corrected chi connectivity index (χ0v) is 17.9. The summed E-state index contributed by atoms with van der Waals surface area (Å²) >= 11 is 6.27. The molecule has 0 fully saturated rings. The highest BCUT2D eigenvalue weighted by Gasteiger charge is 2.21. The molecule has 3 rings (SSSR count). The Labute approximate surface area is 168 Å². The molecule has 7 nitrogen and oxygen atoms in total. The minimum Gasteiger partial charge on any atom is -0.447 e. The summed E-state index contributed by atoms with van der Waals surface area (Å²) in [6.07, 6.45) is 0. The van der Waals surface area contributed by atoms with E-state index >= 15 is 0 Å². The van der Waals surface area contributed by atoms with Gasteiger partial charge in [0.25, 0.3) is 10.0 Å². The van der Waals surface area contributed by atoms with E-state index in [9.17, 15) is 8.42 Å². The zero-order valence-electron chi connectivity index (χ0n) is 13.8. The summed E-state index contributed by atoms with van der Waals surface area (Å²) < 4.78 is 32.3. The van der Waals surface area contributed by atoms with Crippen molar-refractivity contribution in [1.82, 2.24) is 14.5 Å². The largest absolute Gasteiger partial charge is 0.447 e. The van der Waals surface area contributed by atoms with Crippen molar-refractivity contribution in [3.63, 3.8) is 0 Å². The van der Waals surface area contributed by atoms with Gasteiger partial charge < -0.3 is 9.73 Å². The lowest BCUT2D eigenvalue weighted by atomic mass is 10.3. The summed E-state index contributed by atoms with van der Waals surface area (Å²) in [4.78, 5) is 0. The summed E-state index contributed by atoms with van der Waals surface area (Å²) in [5.41, 5.74) is 0.914. The lowest BCUT2D eigenvalue weighted by Crippen LogP contribution is -2.21. The van der Waals surface area contributed by atoms with Crippen LogP contribution < -0.4 is 5.32 Å². The first-order valence-electron chi connectivity index (χ1n) is 7.35. The quantitative estimate of drug-likeness (QED) is 0.513. The molecule has 26 heavy (non-hydrogen) atoms. The number of nitrogens with zero attached hydrogens (tertiary/aromatic N) is 3. The number of halogens is 1. The van der Waals surface area contributed by atoms with Gasteiger partial charge in [-0.2, -0.15) is 0 Å². The van der Waals surface area contributed by atoms with Gasteiger partial charge in [-0.1, -0.05) is 45.1 Å². The smallest absolute Gasteiger partial charge is 0.275 e. The minimum atomic E-state index is -3.55. The van der Waals surface area contributed by atoms with Crippen molar-refractivity contribution in [1.29, 1.82) is 0 Å². The highest BCUT2D eigenvalue weighted by molar-refractivity contribution is 9.10. The Balaban J connectivity index is 1.61. The third-order valence-electron chi connectivity index (χ3n) is 3.19. The lowest BCUT2D eigenvalue weighted by molar-refractivity contribution is 0.408. The third kappa shape index (κ3) is 4.65. The van der Waals surface area contributed by atoms with Gasteiger partial charge in [0.1, 0.15) is 5.76 Å². The van der Waals surface area contributed by atoms with Crippen molar-refractivity contribution >= 4 is 59.9 Å². The van der Waals surface area contributed by atoms with E-state index in [1.54, 1.807) is 6.07 Å². The summed E-state index contributed by atoms with van der Waals surface area (Å²) in [5, 5.41) is 12.0. The van der Waals surface area contributed by atoms with Crippen LogP contribution in [0.15, 0.2) is 54.7 Å². The van der Waals surface area contributed by atoms with E-state index in [1.165, 1.54) is 43.3 Å². The second kappa shape index (κ2) is 8.09. The van der Waals surface area contributed by atoms with Crippen molar-refractivity contribution < 1.29 is 12.8 Å². The fourth-order valence-electron chi connectivity index (χ4n) is 1.90. The highest BCUT2D eigenvalue weighted by Crippen LogP contribution is 2.31. The fraction of sp³-hybridized carbons (Fsp3) is 0.200. The van der Waals surface area contributed by atoms with Crippen LogP contribution in [-0.2, 0) is 15.8 Å². The van der Waals surface area contributed by atoms with Crippen molar-refractivity contribution in [2.24, 2.45) is 0 Å². The van der Waals surface area contributed by atoms with Crippen molar-refractivity contribution in [2.45, 2.75) is 15.2 Å². The maximum Gasteiger partial charge on any atom is 0.275 e. The summed E-state index contributed by atoms with van der Waals surface area (Å²) in [6, 6.07) is 10.9. The SMILES string of the molecule is CN(C)S(=O)(=O)c1ccc(CSc2nnc(Nc3cccc(Br)c3)s2)o1. The standard InChI is InChI=1S/C15H15BrN4O3S3/c1-20(2)26(21,22)13-7-6-12(23-13)9-24-15-19-18-14(25-15)17-11-5-3-4-10(16)8-11/h3-8H,9H2,1-2H3,(H,17,18). The summed E-state index contributed by atoms with van der Waals surface area (Å²) in [6.45, 7) is 0. The summed E-state index contributed by atoms with van der Waals surface area (Å²) in [5.74, 6) is 1.03. The van der Waals surface area contributed by atoms with Crippen LogP contribution >= 0.6 is 39.0 Å². The average Bonchev–Trinajstić information content (AvgIpc) is 3.22. The number of hydrogen-bond acceptors (Lipinski definition) is 8. The van der Waals surface area contributed by atoms with Crippen LogP contribution in [0, 0.1) is 0 Å². The molecule has 0 aliphatic carbocycles. The van der Waals surface area contributed by atoms with Gasteiger partial charge in [0.05, 0.1) is 5.75 Å². The molecule has 0 aliphatic rings. The molecule has 0 unspecified atom stereocenters. The number of benzene rings is 1. The Morgan fingerprint density at radius 1 is 1.27 bits per heavy atom. The van der Waals surface area contributed by atoms with Gasteiger partial charge in [0.2, 0.25) is 10.2 Å². The molecule has 11 heteroatoms. The first-order chi connectivity index (χ1) is 12.3. The monoisotopic (exact) mass is 474 g/mol. The Morgan fingerprint density at radius 3 is 2.81 bits per heavy atom. The number of hydrogen-bond donors (Lipinski definition) is 1. The maximum atomic E-state index is 12.0. The van der Waals surface area contributed by atoms with E-state index in [2.05, 4.69) is 31.4 Å². The number of anilines is 2. The van der Waals surface area contributed by atoms with Crippen LogP contribution in [0.3, 0.4) is 0 Å². The van der Waals surface area contributed by atoms with E-state index in [-0.39, 0.29) is 5.09 Å². The van der Waals surface area contributed by atoms with Crippen LogP contribution in [-0.4, -0.2) is 37.0 Å². The van der Waals surface area contributed by atoms with Crippen LogP contribution in [0.4, 0.5) is 10.8 Å². The van der Waals surface area contributed by atoms with Crippen molar-refractivity contribution in [3.8, 4) is 0 Å². The van der Waals surface area contributed by atoms with Crippen LogP contribution in [0.1, 0.15) is 5.76 Å². The first kappa shape index (κ1) is 19.4. The van der Waals surface area contributed by atoms with Gasteiger partial charge in [-0.05, 0) is 30.3 Å². The van der Waals surface area contributed by atoms with Gasteiger partial charge >= 0.3 is 0 Å². The molecule has 0 bridgehead atoms. The number of rotatable bonds is 7. The van der Waals surface area contributed by atoms with Crippen molar-refractivity contribution in [3.05, 3.63) is 46.6 Å². The molecule has 0 saturated carbocycles. The summed E-state index contributed by atoms with van der Waals surface area (Å²) in [7, 11) is -0.624. The van der Waals surface area contributed by atoms with E-state index < -0.39 is 10.0 Å². The Morgan fingerprint density at radius 2 is 2.08 bits per heavy atom. The van der Waals surface area contributed by atoms with E-state index in [0.29, 0.717) is 16.6 Å². The predicted octanol–water partition coefficient (Wildman–Crippen LogP) is 4.18. The van der Waals surface area contributed by atoms with Gasteiger partial charge in [0.15, 0.2) is 4.34 Å². The first-order valence-corrected chi connectivity index (χ1v) is 11.4. The number of thioether (sulfide) groups is 1. The molecule has 3 aromatic rings. The van der Waals surface area contributed by atoms with E-state index in [4.69, 9.17) is 4.42 Å². The van der Waals surface area contributed by atoms with E-state index in [1.807, 2.05) is 24.3 Å². The second-order valence-electron chi connectivity index (χ2n) is 5.31. The lowest BCUT2D eigenvalue weighted by Gasteiger charge is -2.07. The number of furan rings is 1. The normalized spacial score (nSPS) is 11.8. The zero-order chi connectivity index (χ0) is 18.7. The number of aromatic nitrogens is 2. The molecule has 2 heterocycles. The molecule has 0 amide bonds. The number of sulfonamides is 1. The Hall–Kier alpha value is -1.40. The fourth-order valence-corrected chi connectivity index (χ4v) is 4.77. The Bertz CT molecular complexity index is 1000. The van der Waals surface area contributed by atoms with Gasteiger partial charge in [-0.25, -0.2) is 12.7 Å². The Kier molecular flexibility index (Phi) is 6.03. The van der Waals surface area contributed by atoms with Crippen molar-refractivity contribution in [2.75, 3.05) is 19.4 Å². The molecule has 2 aromatic heterocycles. The van der Waals surface area contributed by atoms with Crippen LogP contribution in [0.25, 0.3) is 0 Å². The predicted molar refractivity (Wildman–Crippen MR) is 106 cm³/mol. The molecule has 1 aromatic carbocycles. The molecule has 138 valence electrons. The number of nitrogens with one attached hydrogen (secondary N) is 1. The molecule has 0 spiro atoms. The van der Waals surface area contributed by atoms with Crippen LogP contribution in [0.2, 0.25) is 0 Å². The molecular formula is C15H15BrN4O3S3. The second-order valence-corrected chi connectivity index (χ2v) is 10.5. The molecule has 0 saturated heterocycles.